The van der Waals surface area contributed by atoms with Crippen molar-refractivity contribution in [2.75, 3.05) is 20.2 Å². The highest BCUT2D eigenvalue weighted by molar-refractivity contribution is 5.28. The number of methoxy groups -OCH3 is 1. The van der Waals surface area contributed by atoms with Gasteiger partial charge in [-0.25, -0.2) is 0 Å². The summed E-state index contributed by atoms with van der Waals surface area (Å²) in [5.41, 5.74) is 1.33. The first-order chi connectivity index (χ1) is 10.1. The lowest BCUT2D eigenvalue weighted by atomic mass is 10.0. The van der Waals surface area contributed by atoms with E-state index in [0.29, 0.717) is 18.1 Å². The van der Waals surface area contributed by atoms with Gasteiger partial charge < -0.3 is 15.0 Å². The maximum atomic E-state index is 5.22. The Morgan fingerprint density at radius 3 is 2.43 bits per heavy atom. The van der Waals surface area contributed by atoms with Crippen LogP contribution in [0.4, 0.5) is 0 Å². The Morgan fingerprint density at radius 2 is 1.81 bits per heavy atom. The molecule has 1 fully saturated rings. The lowest BCUT2D eigenvalue weighted by Gasteiger charge is -2.25. The smallest absolute Gasteiger partial charge is 0.118 e. The molecule has 0 saturated carbocycles. The standard InChI is InChI=1S/C18H30N2O/c1-14(2)20-12-5-6-17(11-13-20)19-15(3)16-7-9-18(21-4)10-8-16/h7-10,14-15,17,19H,5-6,11-13H2,1-4H3/t15-,17?/m0/s1. The zero-order chi connectivity index (χ0) is 15.2. The summed E-state index contributed by atoms with van der Waals surface area (Å²) in [6.45, 7) is 9.31. The van der Waals surface area contributed by atoms with Gasteiger partial charge in [0.1, 0.15) is 5.75 Å². The molecule has 2 rings (SSSR count). The Balaban J connectivity index is 1.88. The summed E-state index contributed by atoms with van der Waals surface area (Å²) in [5, 5.41) is 3.80. The van der Waals surface area contributed by atoms with Gasteiger partial charge in [0.2, 0.25) is 0 Å². The zero-order valence-electron chi connectivity index (χ0n) is 13.9. The number of nitrogens with one attached hydrogen (secondary N) is 1. The van der Waals surface area contributed by atoms with E-state index >= 15 is 0 Å². The molecule has 0 bridgehead atoms. The lowest BCUT2D eigenvalue weighted by molar-refractivity contribution is 0.228. The number of hydrogen-bond donors (Lipinski definition) is 1. The second-order valence-electron chi connectivity index (χ2n) is 6.42. The fourth-order valence-electron chi connectivity index (χ4n) is 3.14. The molecule has 1 aliphatic heterocycles. The minimum absolute atomic E-state index is 0.395. The number of likely N-dealkylation sites (tertiary alicyclic amines) is 1. The zero-order valence-corrected chi connectivity index (χ0v) is 13.9. The van der Waals surface area contributed by atoms with Gasteiger partial charge in [0.25, 0.3) is 0 Å². The molecule has 2 atom stereocenters. The van der Waals surface area contributed by atoms with Crippen LogP contribution in [0.1, 0.15) is 51.6 Å². The van der Waals surface area contributed by atoms with Crippen LogP contribution in [0.5, 0.6) is 5.75 Å². The highest BCUT2D eigenvalue weighted by Crippen LogP contribution is 2.20. The van der Waals surface area contributed by atoms with Crippen molar-refractivity contribution in [2.45, 2.75) is 58.2 Å². The molecule has 3 heteroatoms. The van der Waals surface area contributed by atoms with Crippen LogP contribution in [0, 0.1) is 0 Å². The Labute approximate surface area is 129 Å². The molecule has 0 amide bonds. The van der Waals surface area contributed by atoms with Crippen molar-refractivity contribution in [2.24, 2.45) is 0 Å². The van der Waals surface area contributed by atoms with Crippen molar-refractivity contribution < 1.29 is 4.74 Å². The Bertz CT molecular complexity index is 416. The normalized spacial score (nSPS) is 22.0. The average molecular weight is 290 g/mol. The van der Waals surface area contributed by atoms with Gasteiger partial charge in [0, 0.05) is 18.1 Å². The van der Waals surface area contributed by atoms with Crippen molar-refractivity contribution in [3.8, 4) is 5.75 Å². The molecule has 0 spiro atoms. The summed E-state index contributed by atoms with van der Waals surface area (Å²) < 4.78 is 5.22. The van der Waals surface area contributed by atoms with Crippen LogP contribution >= 0.6 is 0 Å². The molecule has 1 aromatic rings. The van der Waals surface area contributed by atoms with Gasteiger partial charge in [0.05, 0.1) is 7.11 Å². The monoisotopic (exact) mass is 290 g/mol. The summed E-state index contributed by atoms with van der Waals surface area (Å²) in [4.78, 5) is 2.60. The third kappa shape index (κ3) is 4.72. The minimum Gasteiger partial charge on any atom is -0.497 e. The summed E-state index contributed by atoms with van der Waals surface area (Å²) in [6.07, 6.45) is 3.83. The molecule has 0 aromatic heterocycles. The highest BCUT2D eigenvalue weighted by Gasteiger charge is 2.20. The maximum absolute atomic E-state index is 5.22. The van der Waals surface area contributed by atoms with E-state index in [0.717, 1.165) is 5.75 Å². The summed E-state index contributed by atoms with van der Waals surface area (Å²) in [6, 6.07) is 10.1. The molecule has 21 heavy (non-hydrogen) atoms. The molecular formula is C18H30N2O. The first kappa shape index (κ1) is 16.3. The number of benzene rings is 1. The largest absolute Gasteiger partial charge is 0.497 e. The van der Waals surface area contributed by atoms with Crippen LogP contribution in [0.15, 0.2) is 24.3 Å². The predicted octanol–water partition coefficient (Wildman–Crippen LogP) is 3.61. The molecule has 1 saturated heterocycles. The van der Waals surface area contributed by atoms with E-state index in [9.17, 15) is 0 Å². The topological polar surface area (TPSA) is 24.5 Å². The van der Waals surface area contributed by atoms with Crippen molar-refractivity contribution >= 4 is 0 Å². The predicted molar refractivity (Wildman–Crippen MR) is 88.9 cm³/mol. The Hall–Kier alpha value is -1.06. The summed E-state index contributed by atoms with van der Waals surface area (Å²) in [7, 11) is 1.71. The molecule has 1 aromatic carbocycles. The summed E-state index contributed by atoms with van der Waals surface area (Å²) in [5.74, 6) is 0.924. The first-order valence-electron chi connectivity index (χ1n) is 8.24. The van der Waals surface area contributed by atoms with Crippen LogP contribution in [0.25, 0.3) is 0 Å². The molecule has 1 N–H and O–H groups in total. The second-order valence-corrected chi connectivity index (χ2v) is 6.42. The molecule has 0 radical (unpaired) electrons. The number of hydrogen-bond acceptors (Lipinski definition) is 3. The second kappa shape index (κ2) is 7.81. The number of ether oxygens (including phenoxy) is 1. The third-order valence-corrected chi connectivity index (χ3v) is 4.59. The fraction of sp³-hybridized carbons (Fsp3) is 0.667. The van der Waals surface area contributed by atoms with E-state index in [1.807, 2.05) is 12.1 Å². The SMILES string of the molecule is COc1ccc([C@H](C)NC2CCCN(C(C)C)CC2)cc1. The van der Waals surface area contributed by atoms with Gasteiger partial charge in [-0.05, 0) is 70.8 Å². The van der Waals surface area contributed by atoms with Crippen molar-refractivity contribution in [1.82, 2.24) is 10.2 Å². The van der Waals surface area contributed by atoms with E-state index in [1.54, 1.807) is 7.11 Å². The molecule has 1 heterocycles. The van der Waals surface area contributed by atoms with Crippen LogP contribution in [-0.2, 0) is 0 Å². The number of nitrogens with zero attached hydrogens (tertiary/aromatic N) is 1. The van der Waals surface area contributed by atoms with E-state index in [4.69, 9.17) is 4.74 Å². The van der Waals surface area contributed by atoms with Gasteiger partial charge in [-0.3, -0.25) is 0 Å². The van der Waals surface area contributed by atoms with Crippen LogP contribution in [0.2, 0.25) is 0 Å². The maximum Gasteiger partial charge on any atom is 0.118 e. The van der Waals surface area contributed by atoms with Gasteiger partial charge >= 0.3 is 0 Å². The summed E-state index contributed by atoms with van der Waals surface area (Å²) >= 11 is 0. The highest BCUT2D eigenvalue weighted by atomic mass is 16.5. The van der Waals surface area contributed by atoms with Gasteiger partial charge in [-0.1, -0.05) is 12.1 Å². The van der Waals surface area contributed by atoms with E-state index in [-0.39, 0.29) is 0 Å². The van der Waals surface area contributed by atoms with Crippen molar-refractivity contribution in [1.29, 1.82) is 0 Å². The first-order valence-corrected chi connectivity index (χ1v) is 8.24. The van der Waals surface area contributed by atoms with E-state index < -0.39 is 0 Å². The van der Waals surface area contributed by atoms with Gasteiger partial charge in [-0.15, -0.1) is 0 Å². The van der Waals surface area contributed by atoms with Crippen LogP contribution in [0.3, 0.4) is 0 Å². The average Bonchev–Trinajstić information content (AvgIpc) is 2.73. The quantitative estimate of drug-likeness (QED) is 0.896. The molecule has 1 unspecified atom stereocenters. The van der Waals surface area contributed by atoms with Crippen molar-refractivity contribution in [3.05, 3.63) is 29.8 Å². The molecule has 1 aliphatic rings. The van der Waals surface area contributed by atoms with Gasteiger partial charge in [0.15, 0.2) is 0 Å². The van der Waals surface area contributed by atoms with E-state index in [1.165, 1.54) is 37.9 Å². The molecule has 3 nitrogen and oxygen atoms in total. The van der Waals surface area contributed by atoms with Crippen LogP contribution in [-0.4, -0.2) is 37.2 Å². The van der Waals surface area contributed by atoms with Crippen LogP contribution < -0.4 is 10.1 Å². The molecule has 118 valence electrons. The van der Waals surface area contributed by atoms with Gasteiger partial charge in [-0.2, -0.15) is 0 Å². The lowest BCUT2D eigenvalue weighted by Crippen LogP contribution is -2.34. The Morgan fingerprint density at radius 1 is 1.10 bits per heavy atom. The van der Waals surface area contributed by atoms with E-state index in [2.05, 4.69) is 43.1 Å². The number of rotatable bonds is 5. The minimum atomic E-state index is 0.395. The molecule has 0 aliphatic carbocycles. The fourth-order valence-corrected chi connectivity index (χ4v) is 3.14. The van der Waals surface area contributed by atoms with Crippen molar-refractivity contribution in [3.63, 3.8) is 0 Å². The Kier molecular flexibility index (Phi) is 6.07. The third-order valence-electron chi connectivity index (χ3n) is 4.59. The molecular weight excluding hydrogens is 260 g/mol.